The van der Waals surface area contributed by atoms with Crippen molar-refractivity contribution in [3.8, 4) is 0 Å². The van der Waals surface area contributed by atoms with Gasteiger partial charge in [0.15, 0.2) is 0 Å². The van der Waals surface area contributed by atoms with Crippen LogP contribution < -0.4 is 20.7 Å². The standard InChI is InChI=1S/C20H28N4O5S/c1-5-20(14(4)11-22-18(20)26)10-16(23-12-25)15-8-7-13(3)17(9-15)30(28,29)24-19(27)21-6-2/h7-9,11-12,16H,5-6,10H2,1-4H3,(H,22,26)(H,23,25)(H2,21,24,27). The van der Waals surface area contributed by atoms with Crippen molar-refractivity contribution >= 4 is 28.4 Å². The van der Waals surface area contributed by atoms with Crippen molar-refractivity contribution in [2.24, 2.45) is 5.41 Å². The summed E-state index contributed by atoms with van der Waals surface area (Å²) < 4.78 is 27.4. The molecule has 10 heteroatoms. The predicted molar refractivity (Wildman–Crippen MR) is 112 cm³/mol. The Morgan fingerprint density at radius 1 is 1.27 bits per heavy atom. The zero-order valence-corrected chi connectivity index (χ0v) is 18.4. The Bertz CT molecular complexity index is 973. The molecule has 1 heterocycles. The van der Waals surface area contributed by atoms with Crippen LogP contribution in [0.25, 0.3) is 0 Å². The second-order valence-electron chi connectivity index (χ2n) is 7.27. The highest BCUT2D eigenvalue weighted by Crippen LogP contribution is 2.42. The highest BCUT2D eigenvalue weighted by atomic mass is 32.2. The minimum Gasteiger partial charge on any atom is -0.352 e. The normalized spacial score (nSPS) is 19.5. The van der Waals surface area contributed by atoms with Gasteiger partial charge in [0.1, 0.15) is 0 Å². The Hall–Kier alpha value is -2.88. The van der Waals surface area contributed by atoms with Gasteiger partial charge in [0.2, 0.25) is 12.3 Å². The van der Waals surface area contributed by atoms with Gasteiger partial charge in [0, 0.05) is 12.7 Å². The summed E-state index contributed by atoms with van der Waals surface area (Å²) >= 11 is 0. The fraction of sp³-hybridized carbons (Fsp3) is 0.450. The molecule has 2 atom stereocenters. The Morgan fingerprint density at radius 3 is 2.50 bits per heavy atom. The van der Waals surface area contributed by atoms with Gasteiger partial charge in [-0.05, 0) is 56.4 Å². The zero-order valence-electron chi connectivity index (χ0n) is 17.5. The van der Waals surface area contributed by atoms with Gasteiger partial charge in [-0.1, -0.05) is 19.1 Å². The molecule has 0 saturated heterocycles. The van der Waals surface area contributed by atoms with Gasteiger partial charge in [-0.3, -0.25) is 9.59 Å². The Morgan fingerprint density at radius 2 is 1.97 bits per heavy atom. The molecule has 9 nitrogen and oxygen atoms in total. The lowest BCUT2D eigenvalue weighted by Gasteiger charge is -2.31. The van der Waals surface area contributed by atoms with Gasteiger partial charge in [0.05, 0.1) is 16.4 Å². The van der Waals surface area contributed by atoms with Crippen molar-refractivity contribution in [2.75, 3.05) is 6.54 Å². The molecule has 4 N–H and O–H groups in total. The first-order valence-corrected chi connectivity index (χ1v) is 11.2. The predicted octanol–water partition coefficient (Wildman–Crippen LogP) is 1.61. The van der Waals surface area contributed by atoms with Crippen LogP contribution >= 0.6 is 0 Å². The van der Waals surface area contributed by atoms with Crippen LogP contribution in [0.5, 0.6) is 0 Å². The number of sulfonamides is 1. The van der Waals surface area contributed by atoms with Crippen LogP contribution in [0, 0.1) is 12.3 Å². The molecule has 164 valence electrons. The van der Waals surface area contributed by atoms with E-state index >= 15 is 0 Å². The molecule has 0 radical (unpaired) electrons. The molecular weight excluding hydrogens is 408 g/mol. The van der Waals surface area contributed by atoms with Crippen LogP contribution in [0.1, 0.15) is 50.8 Å². The highest BCUT2D eigenvalue weighted by molar-refractivity contribution is 7.90. The smallest absolute Gasteiger partial charge is 0.328 e. The summed E-state index contributed by atoms with van der Waals surface area (Å²) in [4.78, 5) is 35.5. The number of hydrogen-bond donors (Lipinski definition) is 4. The topological polar surface area (TPSA) is 133 Å². The van der Waals surface area contributed by atoms with Crippen molar-refractivity contribution in [1.29, 1.82) is 0 Å². The molecule has 0 spiro atoms. The molecule has 1 aromatic carbocycles. The number of urea groups is 1. The maximum absolute atomic E-state index is 12.7. The molecule has 0 saturated carbocycles. The number of carbonyl (C=O) groups excluding carboxylic acids is 3. The van der Waals surface area contributed by atoms with E-state index in [2.05, 4.69) is 16.0 Å². The van der Waals surface area contributed by atoms with Crippen LogP contribution in [0.2, 0.25) is 0 Å². The maximum Gasteiger partial charge on any atom is 0.328 e. The summed E-state index contributed by atoms with van der Waals surface area (Å²) in [5.74, 6) is -0.155. The van der Waals surface area contributed by atoms with Gasteiger partial charge in [-0.25, -0.2) is 17.9 Å². The number of rotatable bonds is 9. The third kappa shape index (κ3) is 4.64. The average molecular weight is 437 g/mol. The second kappa shape index (κ2) is 9.29. The molecule has 0 bridgehead atoms. The first-order chi connectivity index (χ1) is 14.1. The molecule has 2 rings (SSSR count). The van der Waals surface area contributed by atoms with E-state index in [4.69, 9.17) is 0 Å². The summed E-state index contributed by atoms with van der Waals surface area (Å²) in [5, 5.41) is 7.80. The fourth-order valence-corrected chi connectivity index (χ4v) is 4.88. The van der Waals surface area contributed by atoms with Gasteiger partial charge in [-0.2, -0.15) is 0 Å². The summed E-state index contributed by atoms with van der Waals surface area (Å²) in [5.41, 5.74) is 1.01. The molecule has 0 fully saturated rings. The summed E-state index contributed by atoms with van der Waals surface area (Å²) in [7, 11) is -4.12. The van der Waals surface area contributed by atoms with Crippen LogP contribution in [0.4, 0.5) is 4.79 Å². The van der Waals surface area contributed by atoms with Gasteiger partial charge in [0.25, 0.3) is 10.0 Å². The summed E-state index contributed by atoms with van der Waals surface area (Å²) in [6.45, 7) is 7.30. The number of carbonyl (C=O) groups is 3. The number of aryl methyl sites for hydroxylation is 1. The number of amides is 4. The van der Waals surface area contributed by atoms with Gasteiger partial charge < -0.3 is 16.0 Å². The SMILES string of the molecule is CCNC(=O)NS(=O)(=O)c1cc(C(CC2(CC)C(=O)NC=C2C)NC=O)ccc1C. The fourth-order valence-electron chi connectivity index (χ4n) is 3.67. The van der Waals surface area contributed by atoms with E-state index in [0.717, 1.165) is 5.57 Å². The van der Waals surface area contributed by atoms with Crippen molar-refractivity contribution < 1.29 is 22.8 Å². The van der Waals surface area contributed by atoms with E-state index in [1.165, 1.54) is 6.07 Å². The van der Waals surface area contributed by atoms with Crippen LogP contribution in [-0.4, -0.2) is 33.3 Å². The Labute approximate surface area is 176 Å². The molecule has 2 unspecified atom stereocenters. The zero-order chi connectivity index (χ0) is 22.5. The van der Waals surface area contributed by atoms with E-state index < -0.39 is 27.5 Å². The third-order valence-corrected chi connectivity index (χ3v) is 6.98. The number of nitrogens with one attached hydrogen (secondary N) is 4. The van der Waals surface area contributed by atoms with Crippen molar-refractivity contribution in [3.05, 3.63) is 41.1 Å². The largest absolute Gasteiger partial charge is 0.352 e. The van der Waals surface area contributed by atoms with E-state index in [0.29, 0.717) is 24.0 Å². The Kier molecular flexibility index (Phi) is 7.25. The van der Waals surface area contributed by atoms with Crippen LogP contribution in [-0.2, 0) is 19.6 Å². The molecule has 30 heavy (non-hydrogen) atoms. The molecular formula is C20H28N4O5S. The van der Waals surface area contributed by atoms with E-state index in [1.807, 2.05) is 18.6 Å². The lowest BCUT2D eigenvalue weighted by atomic mass is 9.73. The van der Waals surface area contributed by atoms with Crippen LogP contribution in [0.3, 0.4) is 0 Å². The van der Waals surface area contributed by atoms with E-state index in [1.54, 1.807) is 32.2 Å². The Balaban J connectivity index is 2.44. The molecule has 0 aromatic heterocycles. The lowest BCUT2D eigenvalue weighted by molar-refractivity contribution is -0.128. The molecule has 1 aliphatic rings. The van der Waals surface area contributed by atoms with Crippen LogP contribution in [0.15, 0.2) is 34.9 Å². The minimum absolute atomic E-state index is 0.0716. The van der Waals surface area contributed by atoms with Crippen molar-refractivity contribution in [1.82, 2.24) is 20.7 Å². The quantitative estimate of drug-likeness (QED) is 0.437. The molecule has 1 aliphatic heterocycles. The average Bonchev–Trinajstić information content (AvgIpc) is 2.96. The highest BCUT2D eigenvalue weighted by Gasteiger charge is 2.43. The minimum atomic E-state index is -4.12. The van der Waals surface area contributed by atoms with Crippen molar-refractivity contribution in [3.63, 3.8) is 0 Å². The maximum atomic E-state index is 12.7. The monoisotopic (exact) mass is 436 g/mol. The molecule has 1 aromatic rings. The van der Waals surface area contributed by atoms with E-state index in [9.17, 15) is 22.8 Å². The first kappa shape index (κ1) is 23.4. The first-order valence-electron chi connectivity index (χ1n) is 9.70. The summed E-state index contributed by atoms with van der Waals surface area (Å²) in [6.07, 6.45) is 2.97. The molecule has 0 aliphatic carbocycles. The second-order valence-corrected chi connectivity index (χ2v) is 8.92. The number of hydrogen-bond acceptors (Lipinski definition) is 5. The van der Waals surface area contributed by atoms with Crippen molar-refractivity contribution in [2.45, 2.75) is 51.5 Å². The van der Waals surface area contributed by atoms with Gasteiger partial charge >= 0.3 is 6.03 Å². The third-order valence-electron chi connectivity index (χ3n) is 5.50. The summed E-state index contributed by atoms with van der Waals surface area (Å²) in [6, 6.07) is 3.31. The lowest BCUT2D eigenvalue weighted by Crippen LogP contribution is -2.39. The van der Waals surface area contributed by atoms with Gasteiger partial charge in [-0.15, -0.1) is 0 Å². The van der Waals surface area contributed by atoms with E-state index in [-0.39, 0.29) is 23.8 Å². The number of benzene rings is 1. The molecule has 4 amide bonds.